The largest absolute Gasteiger partial charge is 1.00 e. The minimum Gasteiger partial charge on any atom is -1.00 e. The van der Waals surface area contributed by atoms with E-state index in [1.807, 2.05) is 6.92 Å². The molecule has 0 aromatic heterocycles. The van der Waals surface area contributed by atoms with Gasteiger partial charge in [0.05, 0.1) is 18.3 Å². The average molecular weight is 204 g/mol. The molecule has 0 atom stereocenters. The van der Waals surface area contributed by atoms with Crippen molar-refractivity contribution in [3.63, 3.8) is 0 Å². The van der Waals surface area contributed by atoms with E-state index < -0.39 is 10.1 Å². The Morgan fingerprint density at radius 1 is 1.58 bits per heavy atom. The molecule has 0 aliphatic carbocycles. The molecule has 6 heteroatoms. The third kappa shape index (κ3) is 13.1. The van der Waals surface area contributed by atoms with E-state index in [9.17, 15) is 8.42 Å². The molecule has 0 saturated carbocycles. The normalized spacial score (nSPS) is 11.2. The molecule has 0 spiro atoms. The topological polar surface area (TPSA) is 63.6 Å². The first-order valence-corrected chi connectivity index (χ1v) is 4.82. The summed E-state index contributed by atoms with van der Waals surface area (Å²) in [6.07, 6.45) is 2.83. The fourth-order valence-electron chi connectivity index (χ4n) is 0.405. The number of hydrogen-bond donors (Lipinski definition) is 1. The van der Waals surface area contributed by atoms with E-state index in [-0.39, 0.29) is 31.0 Å². The molecule has 0 rings (SSSR count). The van der Waals surface area contributed by atoms with Gasteiger partial charge in [-0.15, -0.1) is 0 Å². The zero-order valence-corrected chi connectivity index (χ0v) is 10.2. The fraction of sp³-hybridized carbons (Fsp3) is 0.667. The summed E-state index contributed by atoms with van der Waals surface area (Å²) in [6.45, 7) is 2.47. The molecule has 12 heavy (non-hydrogen) atoms. The van der Waals surface area contributed by atoms with Crippen LogP contribution in [0.15, 0.2) is 11.7 Å². The minimum absolute atomic E-state index is 0. The van der Waals surface area contributed by atoms with Crippen molar-refractivity contribution < 1.29 is 48.7 Å². The SMILES string of the molecule is CCCCOC=CS(=O)(=O)O.[H-].[Na+]. The summed E-state index contributed by atoms with van der Waals surface area (Å²) >= 11 is 0. The molecule has 68 valence electrons. The monoisotopic (exact) mass is 204 g/mol. The van der Waals surface area contributed by atoms with Gasteiger partial charge in [0.1, 0.15) is 0 Å². The van der Waals surface area contributed by atoms with Crippen LogP contribution in [0.4, 0.5) is 0 Å². The maximum absolute atomic E-state index is 10.1. The first-order chi connectivity index (χ1) is 5.06. The second-order valence-corrected chi connectivity index (χ2v) is 3.31. The van der Waals surface area contributed by atoms with E-state index in [1.54, 1.807) is 0 Å². The van der Waals surface area contributed by atoms with Crippen LogP contribution in [0.25, 0.3) is 0 Å². The number of unbranched alkanes of at least 4 members (excludes halogenated alkanes) is 1. The smallest absolute Gasteiger partial charge is 1.00 e. The Hall–Kier alpha value is 0.450. The van der Waals surface area contributed by atoms with Crippen molar-refractivity contribution in [2.75, 3.05) is 6.61 Å². The van der Waals surface area contributed by atoms with Crippen LogP contribution in [-0.4, -0.2) is 19.6 Å². The van der Waals surface area contributed by atoms with Crippen LogP contribution in [0, 0.1) is 0 Å². The average Bonchev–Trinajstić information content (AvgIpc) is 1.85. The van der Waals surface area contributed by atoms with Crippen LogP contribution >= 0.6 is 0 Å². The van der Waals surface area contributed by atoms with Crippen molar-refractivity contribution in [1.82, 2.24) is 0 Å². The Morgan fingerprint density at radius 3 is 2.58 bits per heavy atom. The van der Waals surface area contributed by atoms with Crippen molar-refractivity contribution in [3.05, 3.63) is 11.7 Å². The predicted octanol–water partition coefficient (Wildman–Crippen LogP) is -1.72. The van der Waals surface area contributed by atoms with Crippen LogP contribution in [0.1, 0.15) is 21.2 Å². The number of ether oxygens (including phenoxy) is 1. The Balaban J connectivity index is -0.000000500. The second kappa shape index (κ2) is 8.07. The molecule has 0 aromatic rings. The molecule has 0 fully saturated rings. The van der Waals surface area contributed by atoms with Crippen LogP contribution in [-0.2, 0) is 14.9 Å². The molecule has 0 aromatic carbocycles. The predicted molar refractivity (Wildman–Crippen MR) is 42.7 cm³/mol. The van der Waals surface area contributed by atoms with Gasteiger partial charge in [0.15, 0.2) is 0 Å². The van der Waals surface area contributed by atoms with Gasteiger partial charge in [-0.05, 0) is 6.42 Å². The molecule has 1 N–H and O–H groups in total. The van der Waals surface area contributed by atoms with E-state index in [1.165, 1.54) is 0 Å². The standard InChI is InChI=1S/C6H12O4S.Na.H/c1-2-3-4-10-5-6-11(7,8)9;;/h5-6H,2-4H2,1H3,(H,7,8,9);;/q;+1;-1. The molecular weight excluding hydrogens is 191 g/mol. The van der Waals surface area contributed by atoms with Gasteiger partial charge in [0, 0.05) is 0 Å². The van der Waals surface area contributed by atoms with Gasteiger partial charge in [-0.1, -0.05) is 13.3 Å². The summed E-state index contributed by atoms with van der Waals surface area (Å²) < 4.78 is 33.0. The zero-order valence-electron chi connectivity index (χ0n) is 8.36. The third-order valence-corrected chi connectivity index (χ3v) is 1.39. The maximum Gasteiger partial charge on any atom is 1.00 e. The molecule has 0 aliphatic rings. The van der Waals surface area contributed by atoms with E-state index in [4.69, 9.17) is 9.29 Å². The van der Waals surface area contributed by atoms with Crippen molar-refractivity contribution in [2.45, 2.75) is 19.8 Å². The summed E-state index contributed by atoms with van der Waals surface area (Å²) in [5.74, 6) is 0. The first kappa shape index (κ1) is 14.9. The summed E-state index contributed by atoms with van der Waals surface area (Å²) in [5.41, 5.74) is 0. The Bertz CT molecular complexity index is 215. The van der Waals surface area contributed by atoms with Gasteiger partial charge in [0.25, 0.3) is 10.1 Å². The van der Waals surface area contributed by atoms with Gasteiger partial charge in [0.2, 0.25) is 0 Å². The number of rotatable bonds is 5. The molecule has 0 bridgehead atoms. The summed E-state index contributed by atoms with van der Waals surface area (Å²) in [6, 6.07) is 0. The summed E-state index contributed by atoms with van der Waals surface area (Å²) in [4.78, 5) is 0. The van der Waals surface area contributed by atoms with Crippen LogP contribution in [0.3, 0.4) is 0 Å². The maximum atomic E-state index is 10.1. The zero-order chi connectivity index (χ0) is 8.74. The molecule has 4 nitrogen and oxygen atoms in total. The van der Waals surface area contributed by atoms with Gasteiger partial charge in [-0.2, -0.15) is 8.42 Å². The fourth-order valence-corrected chi connectivity index (χ4v) is 0.624. The van der Waals surface area contributed by atoms with Crippen molar-refractivity contribution in [3.8, 4) is 0 Å². The summed E-state index contributed by atoms with van der Waals surface area (Å²) in [7, 11) is -4.02. The Morgan fingerprint density at radius 2 is 2.17 bits per heavy atom. The van der Waals surface area contributed by atoms with E-state index >= 15 is 0 Å². The molecule has 0 radical (unpaired) electrons. The van der Waals surface area contributed by atoms with Crippen LogP contribution < -0.4 is 29.6 Å². The first-order valence-electron chi connectivity index (χ1n) is 3.32. The van der Waals surface area contributed by atoms with Crippen molar-refractivity contribution in [2.24, 2.45) is 0 Å². The Labute approximate surface area is 96.5 Å². The van der Waals surface area contributed by atoms with Crippen LogP contribution in [0.2, 0.25) is 0 Å². The molecule has 0 heterocycles. The van der Waals surface area contributed by atoms with Gasteiger partial charge < -0.3 is 6.16 Å². The van der Waals surface area contributed by atoms with E-state index in [2.05, 4.69) is 0 Å². The summed E-state index contributed by atoms with van der Waals surface area (Å²) in [5, 5.41) is 0.614. The molecule has 0 aliphatic heterocycles. The Kier molecular flexibility index (Phi) is 10.0. The van der Waals surface area contributed by atoms with Gasteiger partial charge in [-0.3, -0.25) is 4.55 Å². The molecule has 0 amide bonds. The van der Waals surface area contributed by atoms with Crippen LogP contribution in [0.5, 0.6) is 0 Å². The van der Waals surface area contributed by atoms with E-state index in [0.717, 1.165) is 19.1 Å². The number of hydrogen-bond acceptors (Lipinski definition) is 3. The third-order valence-electron chi connectivity index (χ3n) is 0.939. The van der Waals surface area contributed by atoms with Gasteiger partial charge in [-0.25, -0.2) is 0 Å². The van der Waals surface area contributed by atoms with E-state index in [0.29, 0.717) is 12.0 Å². The van der Waals surface area contributed by atoms with Crippen molar-refractivity contribution in [1.29, 1.82) is 0 Å². The quantitative estimate of drug-likeness (QED) is 0.250. The molecule has 0 unspecified atom stereocenters. The molecular formula is C6H13NaO4S. The second-order valence-electron chi connectivity index (χ2n) is 2.01. The minimum atomic E-state index is -4.02. The molecule has 0 saturated heterocycles. The van der Waals surface area contributed by atoms with Crippen molar-refractivity contribution >= 4 is 10.1 Å². The van der Waals surface area contributed by atoms with Gasteiger partial charge >= 0.3 is 29.6 Å².